The lowest BCUT2D eigenvalue weighted by atomic mass is 10.2. The molecule has 1 saturated carbocycles. The third kappa shape index (κ3) is 3.84. The van der Waals surface area contributed by atoms with E-state index in [-0.39, 0.29) is 11.4 Å². The van der Waals surface area contributed by atoms with Gasteiger partial charge in [-0.3, -0.25) is 0 Å². The second kappa shape index (κ2) is 5.79. The fraction of sp³-hybridized carbons (Fsp3) is 0.562. The van der Waals surface area contributed by atoms with Crippen molar-refractivity contribution in [2.45, 2.75) is 55.4 Å². The van der Waals surface area contributed by atoms with Crippen LogP contribution in [0.5, 0.6) is 0 Å². The van der Waals surface area contributed by atoms with Gasteiger partial charge in [0.2, 0.25) is 0 Å². The Morgan fingerprint density at radius 3 is 2.39 bits per heavy atom. The van der Waals surface area contributed by atoms with Gasteiger partial charge in [0.25, 0.3) is 0 Å². The Bertz CT molecular complexity index is 692. The molecule has 0 aliphatic heterocycles. The molecular weight excluding hydrogens is 316 g/mol. The third-order valence-corrected chi connectivity index (χ3v) is 6.14. The number of nitrogens with one attached hydrogen (secondary N) is 1. The highest BCUT2D eigenvalue weighted by Gasteiger charge is 2.62. The second-order valence-corrected chi connectivity index (χ2v) is 9.17. The largest absolute Gasteiger partial charge is 0.444 e. The van der Waals surface area contributed by atoms with E-state index >= 15 is 0 Å². The highest BCUT2D eigenvalue weighted by molar-refractivity contribution is 7.92. The molecule has 1 aromatic rings. The molecule has 1 aliphatic carbocycles. The van der Waals surface area contributed by atoms with Gasteiger partial charge in [0.05, 0.1) is 15.7 Å². The number of rotatable bonds is 4. The minimum atomic E-state index is -3.54. The molecule has 23 heavy (non-hydrogen) atoms. The summed E-state index contributed by atoms with van der Waals surface area (Å²) in [6, 6.07) is 6.66. The number of carbonyl (C=O) groups excluding carboxylic acids is 1. The van der Waals surface area contributed by atoms with Gasteiger partial charge in [-0.05, 0) is 46.2 Å². The molecule has 0 unspecified atom stereocenters. The summed E-state index contributed by atoms with van der Waals surface area (Å²) in [5.74, 6) is 0. The van der Waals surface area contributed by atoms with Crippen LogP contribution in [0.3, 0.4) is 0 Å². The number of hydrogen-bond acceptors (Lipinski definition) is 5. The third-order valence-electron chi connectivity index (χ3n) is 3.84. The van der Waals surface area contributed by atoms with Crippen LogP contribution in [-0.2, 0) is 14.6 Å². The van der Waals surface area contributed by atoms with E-state index < -0.39 is 32.3 Å². The van der Waals surface area contributed by atoms with Crippen molar-refractivity contribution in [2.24, 2.45) is 5.73 Å². The van der Waals surface area contributed by atoms with E-state index in [1.165, 1.54) is 0 Å². The Balaban J connectivity index is 2.16. The Morgan fingerprint density at radius 1 is 1.35 bits per heavy atom. The van der Waals surface area contributed by atoms with Gasteiger partial charge in [-0.15, -0.1) is 0 Å². The van der Waals surface area contributed by atoms with Crippen LogP contribution in [0.2, 0.25) is 0 Å². The number of ether oxygens (including phenoxy) is 1. The Labute approximate surface area is 137 Å². The van der Waals surface area contributed by atoms with Crippen LogP contribution in [-0.4, -0.2) is 37.4 Å². The van der Waals surface area contributed by atoms with Crippen LogP contribution >= 0.6 is 0 Å². The first kappa shape index (κ1) is 17.7. The zero-order valence-electron chi connectivity index (χ0n) is 13.9. The highest BCUT2D eigenvalue weighted by Crippen LogP contribution is 2.44. The van der Waals surface area contributed by atoms with Gasteiger partial charge in [-0.25, -0.2) is 13.2 Å². The molecule has 2 atom stereocenters. The molecule has 0 saturated heterocycles. The Kier molecular flexibility index (Phi) is 4.47. The number of sulfone groups is 1. The van der Waals surface area contributed by atoms with Crippen molar-refractivity contribution in [1.29, 1.82) is 0 Å². The maximum atomic E-state index is 12.7. The molecule has 128 valence electrons. The van der Waals surface area contributed by atoms with Crippen LogP contribution in [0.1, 0.15) is 32.8 Å². The van der Waals surface area contributed by atoms with Gasteiger partial charge in [0.1, 0.15) is 5.60 Å². The lowest BCUT2D eigenvalue weighted by Crippen LogP contribution is -2.48. The topological polar surface area (TPSA) is 98.5 Å². The van der Waals surface area contributed by atoms with Crippen molar-refractivity contribution in [3.8, 4) is 0 Å². The van der Waals surface area contributed by atoms with Crippen LogP contribution in [0, 0.1) is 6.92 Å². The molecule has 0 radical (unpaired) electrons. The normalized spacial score (nSPS) is 24.1. The fourth-order valence-corrected chi connectivity index (χ4v) is 4.58. The summed E-state index contributed by atoms with van der Waals surface area (Å²) >= 11 is 0. The lowest BCUT2D eigenvalue weighted by Gasteiger charge is -2.23. The molecule has 0 bridgehead atoms. The second-order valence-electron chi connectivity index (χ2n) is 7.04. The standard InChI is InChI=1S/C16H24N2O4S/c1-11-5-7-12(8-6-11)23(20,21)13-9-16(13,10-17)18-14(19)22-15(2,3)4/h5-8,13H,9-10,17H2,1-4H3,(H,18,19)/t13-,16+/m1/s1. The lowest BCUT2D eigenvalue weighted by molar-refractivity contribution is 0.0499. The van der Waals surface area contributed by atoms with E-state index in [4.69, 9.17) is 10.5 Å². The van der Waals surface area contributed by atoms with Gasteiger partial charge in [0, 0.05) is 6.54 Å². The van der Waals surface area contributed by atoms with E-state index in [0.717, 1.165) is 5.56 Å². The monoisotopic (exact) mass is 340 g/mol. The van der Waals surface area contributed by atoms with E-state index in [9.17, 15) is 13.2 Å². The molecule has 6 nitrogen and oxygen atoms in total. The quantitative estimate of drug-likeness (QED) is 0.870. The number of carbonyl (C=O) groups is 1. The first-order chi connectivity index (χ1) is 10.5. The molecule has 7 heteroatoms. The molecule has 0 aromatic heterocycles. The van der Waals surface area contributed by atoms with Crippen molar-refractivity contribution < 1.29 is 17.9 Å². The highest BCUT2D eigenvalue weighted by atomic mass is 32.2. The summed E-state index contributed by atoms with van der Waals surface area (Å²) in [7, 11) is -3.54. The van der Waals surface area contributed by atoms with Gasteiger partial charge in [-0.1, -0.05) is 17.7 Å². The Morgan fingerprint density at radius 2 is 1.91 bits per heavy atom. The summed E-state index contributed by atoms with van der Waals surface area (Å²) < 4.78 is 30.6. The van der Waals surface area contributed by atoms with Crippen molar-refractivity contribution in [2.75, 3.05) is 6.54 Å². The zero-order valence-corrected chi connectivity index (χ0v) is 14.7. The van der Waals surface area contributed by atoms with Gasteiger partial charge >= 0.3 is 6.09 Å². The Hall–Kier alpha value is -1.60. The average molecular weight is 340 g/mol. The summed E-state index contributed by atoms with van der Waals surface area (Å²) in [6.45, 7) is 7.17. The van der Waals surface area contributed by atoms with Gasteiger partial charge < -0.3 is 15.8 Å². The number of hydrogen-bond donors (Lipinski definition) is 2. The number of alkyl carbamates (subject to hydrolysis) is 1. The van der Waals surface area contributed by atoms with Gasteiger partial charge in [0.15, 0.2) is 9.84 Å². The predicted octanol–water partition coefficient (Wildman–Crippen LogP) is 1.76. The average Bonchev–Trinajstić information content (AvgIpc) is 3.12. The van der Waals surface area contributed by atoms with Crippen molar-refractivity contribution in [3.63, 3.8) is 0 Å². The molecule has 2 rings (SSSR count). The SMILES string of the molecule is Cc1ccc(S(=O)(=O)[C@@H]2C[C@@]2(CN)NC(=O)OC(C)(C)C)cc1. The maximum absolute atomic E-state index is 12.7. The maximum Gasteiger partial charge on any atom is 0.408 e. The summed E-state index contributed by atoms with van der Waals surface area (Å²) in [4.78, 5) is 12.2. The summed E-state index contributed by atoms with van der Waals surface area (Å²) in [5, 5.41) is 1.92. The fourth-order valence-electron chi connectivity index (χ4n) is 2.48. The minimum absolute atomic E-state index is 0.0437. The molecule has 0 heterocycles. The number of benzene rings is 1. The molecule has 3 N–H and O–H groups in total. The molecule has 1 fully saturated rings. The van der Waals surface area contributed by atoms with Crippen molar-refractivity contribution >= 4 is 15.9 Å². The van der Waals surface area contributed by atoms with E-state index in [2.05, 4.69) is 5.32 Å². The van der Waals surface area contributed by atoms with Gasteiger partial charge in [-0.2, -0.15) is 0 Å². The number of nitrogens with two attached hydrogens (primary N) is 1. The van der Waals surface area contributed by atoms with E-state index in [1.807, 2.05) is 6.92 Å². The van der Waals surface area contributed by atoms with Crippen LogP contribution in [0.15, 0.2) is 29.2 Å². The first-order valence-electron chi connectivity index (χ1n) is 7.52. The van der Waals surface area contributed by atoms with Crippen LogP contribution in [0.4, 0.5) is 4.79 Å². The minimum Gasteiger partial charge on any atom is -0.444 e. The predicted molar refractivity (Wildman–Crippen MR) is 87.9 cm³/mol. The van der Waals surface area contributed by atoms with Crippen molar-refractivity contribution in [3.05, 3.63) is 29.8 Å². The van der Waals surface area contributed by atoms with Crippen LogP contribution < -0.4 is 11.1 Å². The molecule has 0 spiro atoms. The number of amides is 1. The van der Waals surface area contributed by atoms with Crippen LogP contribution in [0.25, 0.3) is 0 Å². The summed E-state index contributed by atoms with van der Waals surface area (Å²) in [5.41, 5.74) is 5.11. The van der Waals surface area contributed by atoms with E-state index in [0.29, 0.717) is 6.42 Å². The zero-order chi connectivity index (χ0) is 17.5. The number of aryl methyl sites for hydroxylation is 1. The molecule has 1 aromatic carbocycles. The van der Waals surface area contributed by atoms with E-state index in [1.54, 1.807) is 45.0 Å². The molecular formula is C16H24N2O4S. The first-order valence-corrected chi connectivity index (χ1v) is 9.07. The molecule has 1 amide bonds. The summed E-state index contributed by atoms with van der Waals surface area (Å²) in [6.07, 6.45) is -0.358. The van der Waals surface area contributed by atoms with Crippen molar-refractivity contribution in [1.82, 2.24) is 5.32 Å². The smallest absolute Gasteiger partial charge is 0.408 e. The molecule has 1 aliphatic rings.